The number of hydrogen-bond acceptors (Lipinski definition) is 1. The second-order valence-corrected chi connectivity index (χ2v) is 2.99. The lowest BCUT2D eigenvalue weighted by Crippen LogP contribution is -2.46. The van der Waals surface area contributed by atoms with Gasteiger partial charge in [-0.25, -0.2) is 8.78 Å². The third kappa shape index (κ3) is 0.920. The SMILES string of the molecule is Cl.FC1(F)C[C@@H]2CNC[C@@H]21. The zero-order valence-electron chi connectivity index (χ0n) is 5.44. The van der Waals surface area contributed by atoms with Crippen LogP contribution in [0.4, 0.5) is 8.78 Å². The Balaban J connectivity index is 0.000000500. The summed E-state index contributed by atoms with van der Waals surface area (Å²) < 4.78 is 24.9. The smallest absolute Gasteiger partial charge is 0.252 e. The summed E-state index contributed by atoms with van der Waals surface area (Å²) in [6.07, 6.45) is 0.116. The molecule has 0 radical (unpaired) electrons. The Morgan fingerprint density at radius 2 is 2.00 bits per heavy atom. The van der Waals surface area contributed by atoms with E-state index in [0.29, 0.717) is 6.54 Å². The zero-order chi connectivity index (χ0) is 6.48. The second kappa shape index (κ2) is 2.31. The van der Waals surface area contributed by atoms with Crippen LogP contribution in [0.3, 0.4) is 0 Å². The van der Waals surface area contributed by atoms with Gasteiger partial charge in [0.05, 0.1) is 0 Å². The van der Waals surface area contributed by atoms with Crippen molar-refractivity contribution in [1.29, 1.82) is 0 Å². The van der Waals surface area contributed by atoms with Gasteiger partial charge in [0.1, 0.15) is 0 Å². The molecule has 2 atom stereocenters. The average molecular weight is 170 g/mol. The maximum absolute atomic E-state index is 12.5. The number of alkyl halides is 2. The third-order valence-electron chi connectivity index (χ3n) is 2.42. The Kier molecular flexibility index (Phi) is 1.90. The van der Waals surface area contributed by atoms with Crippen molar-refractivity contribution in [3.8, 4) is 0 Å². The van der Waals surface area contributed by atoms with Crippen LogP contribution in [-0.4, -0.2) is 19.0 Å². The van der Waals surface area contributed by atoms with Crippen LogP contribution in [0.15, 0.2) is 0 Å². The van der Waals surface area contributed by atoms with Crippen LogP contribution in [0.25, 0.3) is 0 Å². The van der Waals surface area contributed by atoms with Crippen molar-refractivity contribution in [2.75, 3.05) is 13.1 Å². The van der Waals surface area contributed by atoms with Crippen LogP contribution >= 0.6 is 12.4 Å². The van der Waals surface area contributed by atoms with E-state index in [1.54, 1.807) is 0 Å². The molecule has 1 saturated heterocycles. The average Bonchev–Trinajstić information content (AvgIpc) is 2.10. The van der Waals surface area contributed by atoms with Gasteiger partial charge in [0.25, 0.3) is 5.92 Å². The van der Waals surface area contributed by atoms with Gasteiger partial charge in [0, 0.05) is 18.9 Å². The molecule has 1 heterocycles. The Labute approximate surface area is 64.6 Å². The summed E-state index contributed by atoms with van der Waals surface area (Å²) in [5.74, 6) is -2.40. The van der Waals surface area contributed by atoms with Crippen LogP contribution in [0.2, 0.25) is 0 Å². The molecule has 0 aromatic heterocycles. The highest BCUT2D eigenvalue weighted by molar-refractivity contribution is 5.85. The highest BCUT2D eigenvalue weighted by Crippen LogP contribution is 2.49. The third-order valence-corrected chi connectivity index (χ3v) is 2.42. The Bertz CT molecular complexity index is 140. The number of nitrogens with one attached hydrogen (secondary N) is 1. The largest absolute Gasteiger partial charge is 0.316 e. The molecular formula is C6H10ClF2N. The van der Waals surface area contributed by atoms with Gasteiger partial charge in [-0.2, -0.15) is 0 Å². The molecule has 1 nitrogen and oxygen atoms in total. The van der Waals surface area contributed by atoms with Gasteiger partial charge in [0.15, 0.2) is 0 Å². The normalized spacial score (nSPS) is 41.4. The van der Waals surface area contributed by atoms with E-state index in [2.05, 4.69) is 5.32 Å². The van der Waals surface area contributed by atoms with Crippen LogP contribution in [0.1, 0.15) is 6.42 Å². The van der Waals surface area contributed by atoms with Crippen molar-refractivity contribution in [2.45, 2.75) is 12.3 Å². The van der Waals surface area contributed by atoms with Crippen LogP contribution in [-0.2, 0) is 0 Å². The Morgan fingerprint density at radius 1 is 1.30 bits per heavy atom. The van der Waals surface area contributed by atoms with Gasteiger partial charge in [0.2, 0.25) is 0 Å². The summed E-state index contributed by atoms with van der Waals surface area (Å²) in [6, 6.07) is 0. The van der Waals surface area contributed by atoms with Crippen molar-refractivity contribution in [3.05, 3.63) is 0 Å². The fourth-order valence-corrected chi connectivity index (χ4v) is 1.78. The van der Waals surface area contributed by atoms with Crippen molar-refractivity contribution in [3.63, 3.8) is 0 Å². The van der Waals surface area contributed by atoms with Gasteiger partial charge >= 0.3 is 0 Å². The van der Waals surface area contributed by atoms with Gasteiger partial charge in [-0.1, -0.05) is 0 Å². The summed E-state index contributed by atoms with van der Waals surface area (Å²) in [5.41, 5.74) is 0. The van der Waals surface area contributed by atoms with Crippen molar-refractivity contribution in [1.82, 2.24) is 5.32 Å². The Morgan fingerprint density at radius 3 is 2.40 bits per heavy atom. The predicted molar refractivity (Wildman–Crippen MR) is 36.7 cm³/mol. The first-order valence-corrected chi connectivity index (χ1v) is 3.29. The van der Waals surface area contributed by atoms with E-state index in [1.165, 1.54) is 0 Å². The lowest BCUT2D eigenvalue weighted by atomic mass is 9.72. The molecule has 1 aliphatic heterocycles. The standard InChI is InChI=1S/C6H9F2N.ClH/c7-6(8)1-4-2-9-3-5(4)6;/h4-5,9H,1-3H2;1H/t4-,5+;/m1./s1. The zero-order valence-corrected chi connectivity index (χ0v) is 6.26. The number of rotatable bonds is 0. The maximum Gasteiger partial charge on any atom is 0.252 e. The van der Waals surface area contributed by atoms with Crippen molar-refractivity contribution in [2.24, 2.45) is 11.8 Å². The van der Waals surface area contributed by atoms with E-state index in [4.69, 9.17) is 0 Å². The summed E-state index contributed by atoms with van der Waals surface area (Å²) in [7, 11) is 0. The number of hydrogen-bond donors (Lipinski definition) is 1. The van der Waals surface area contributed by atoms with Gasteiger partial charge in [-0.3, -0.25) is 0 Å². The minimum atomic E-state index is -2.34. The topological polar surface area (TPSA) is 12.0 Å². The van der Waals surface area contributed by atoms with E-state index in [1.807, 2.05) is 0 Å². The fourth-order valence-electron chi connectivity index (χ4n) is 1.78. The molecule has 0 bridgehead atoms. The molecule has 2 rings (SSSR count). The molecule has 0 aromatic rings. The maximum atomic E-state index is 12.5. The van der Waals surface area contributed by atoms with E-state index in [-0.39, 0.29) is 30.7 Å². The van der Waals surface area contributed by atoms with Crippen molar-refractivity contribution >= 4 is 12.4 Å². The highest BCUT2D eigenvalue weighted by atomic mass is 35.5. The quantitative estimate of drug-likeness (QED) is 0.576. The highest BCUT2D eigenvalue weighted by Gasteiger charge is 2.57. The molecular weight excluding hydrogens is 160 g/mol. The number of fused-ring (bicyclic) bond motifs is 1. The molecule has 1 N–H and O–H groups in total. The summed E-state index contributed by atoms with van der Waals surface area (Å²) >= 11 is 0. The minimum Gasteiger partial charge on any atom is -0.316 e. The monoisotopic (exact) mass is 169 g/mol. The van der Waals surface area contributed by atoms with Gasteiger partial charge < -0.3 is 5.32 Å². The summed E-state index contributed by atoms with van der Waals surface area (Å²) in [5, 5.41) is 2.96. The molecule has 0 amide bonds. The number of halogens is 3. The molecule has 0 spiro atoms. The molecule has 2 fully saturated rings. The molecule has 0 unspecified atom stereocenters. The lowest BCUT2D eigenvalue weighted by molar-refractivity contribution is -0.152. The summed E-state index contributed by atoms with van der Waals surface area (Å²) in [4.78, 5) is 0. The predicted octanol–water partition coefficient (Wildman–Crippen LogP) is 1.28. The van der Waals surface area contributed by atoms with E-state index >= 15 is 0 Å². The first kappa shape index (κ1) is 8.21. The molecule has 1 aliphatic carbocycles. The first-order chi connectivity index (χ1) is 4.20. The summed E-state index contributed by atoms with van der Waals surface area (Å²) in [6.45, 7) is 1.33. The van der Waals surface area contributed by atoms with Crippen molar-refractivity contribution < 1.29 is 8.78 Å². The molecule has 2 aliphatic rings. The van der Waals surface area contributed by atoms with Gasteiger partial charge in [-0.15, -0.1) is 12.4 Å². The van der Waals surface area contributed by atoms with E-state index in [0.717, 1.165) is 6.54 Å². The minimum absolute atomic E-state index is 0. The molecule has 10 heavy (non-hydrogen) atoms. The first-order valence-electron chi connectivity index (χ1n) is 3.29. The Hall–Kier alpha value is 0.110. The van der Waals surface area contributed by atoms with Crippen LogP contribution in [0, 0.1) is 11.8 Å². The van der Waals surface area contributed by atoms with E-state index < -0.39 is 5.92 Å². The molecule has 60 valence electrons. The van der Waals surface area contributed by atoms with Crippen LogP contribution in [0.5, 0.6) is 0 Å². The molecule has 1 saturated carbocycles. The molecule has 4 heteroatoms. The van der Waals surface area contributed by atoms with Crippen LogP contribution < -0.4 is 5.32 Å². The second-order valence-electron chi connectivity index (χ2n) is 2.99. The fraction of sp³-hybridized carbons (Fsp3) is 1.00. The van der Waals surface area contributed by atoms with Gasteiger partial charge in [-0.05, 0) is 12.5 Å². The van der Waals surface area contributed by atoms with E-state index in [9.17, 15) is 8.78 Å². The lowest BCUT2D eigenvalue weighted by Gasteiger charge is -2.38. The molecule has 0 aromatic carbocycles.